The Morgan fingerprint density at radius 2 is 1.53 bits per heavy atom. The van der Waals surface area contributed by atoms with Crippen molar-refractivity contribution in [2.75, 3.05) is 59.4 Å². The van der Waals surface area contributed by atoms with Crippen LogP contribution in [0.5, 0.6) is 0 Å². The van der Waals surface area contributed by atoms with Gasteiger partial charge in [-0.05, 0) is 42.1 Å². The van der Waals surface area contributed by atoms with Gasteiger partial charge in [0.05, 0.1) is 33.0 Å². The first-order valence-electron chi connectivity index (χ1n) is 12.9. The number of carbonyl (C=O) groups is 3. The van der Waals surface area contributed by atoms with Gasteiger partial charge in [-0.15, -0.1) is 0 Å². The molecular formula is C27H45NO10. The second kappa shape index (κ2) is 17.9. The van der Waals surface area contributed by atoms with Crippen molar-refractivity contribution in [1.82, 2.24) is 5.32 Å². The zero-order valence-corrected chi connectivity index (χ0v) is 23.0. The van der Waals surface area contributed by atoms with Crippen molar-refractivity contribution in [3.05, 3.63) is 25.3 Å². The van der Waals surface area contributed by atoms with Gasteiger partial charge in [0.15, 0.2) is 6.29 Å². The molecule has 3 atom stereocenters. The number of carbonyl (C=O) groups excluding carboxylic acids is 3. The summed E-state index contributed by atoms with van der Waals surface area (Å²) in [5.74, 6) is -0.659. The lowest BCUT2D eigenvalue weighted by Gasteiger charge is -2.46. The predicted molar refractivity (Wildman–Crippen MR) is 139 cm³/mol. The third-order valence-electron chi connectivity index (χ3n) is 5.95. The topological polar surface area (TPSA) is 139 Å². The van der Waals surface area contributed by atoms with Crippen molar-refractivity contribution in [2.24, 2.45) is 16.7 Å². The molecule has 0 aromatic heterocycles. The number of amides is 1. The summed E-state index contributed by atoms with van der Waals surface area (Å²) >= 11 is 0. The summed E-state index contributed by atoms with van der Waals surface area (Å²) < 4.78 is 30.8. The second-order valence-electron chi connectivity index (χ2n) is 10.4. The van der Waals surface area contributed by atoms with Gasteiger partial charge in [-0.3, -0.25) is 4.79 Å². The molecule has 11 heteroatoms. The van der Waals surface area contributed by atoms with Crippen LogP contribution in [0.2, 0.25) is 0 Å². The SMILES string of the molecule is C=CC(=O)OCCOCCOC(=O)NCC1(C)CC(CC(=O)OCCOCCOC(O)C=C)CC(C)(C)C1. The molecule has 11 nitrogen and oxygen atoms in total. The number of aliphatic hydroxyl groups excluding tert-OH is 1. The van der Waals surface area contributed by atoms with Gasteiger partial charge < -0.3 is 38.8 Å². The van der Waals surface area contributed by atoms with Gasteiger partial charge in [-0.2, -0.15) is 0 Å². The maximum atomic E-state index is 12.4. The third-order valence-corrected chi connectivity index (χ3v) is 5.95. The molecule has 0 radical (unpaired) electrons. The van der Waals surface area contributed by atoms with E-state index in [1.165, 1.54) is 6.08 Å². The standard InChI is InChI=1S/C27H45NO10/c1-6-22(29)35-12-8-33-10-14-37-24(31)16-21-17-26(3,4)19-27(5,18-21)20-28-25(32)38-15-11-34-9-13-36-23(30)7-2/h6-7,21-22,29H,1-2,8-20H2,3-5H3,(H,28,32). The summed E-state index contributed by atoms with van der Waals surface area (Å²) in [5.41, 5.74) is -0.193. The molecule has 1 aliphatic carbocycles. The predicted octanol–water partition coefficient (Wildman–Crippen LogP) is 2.76. The van der Waals surface area contributed by atoms with Crippen LogP contribution in [0.3, 0.4) is 0 Å². The molecule has 0 bridgehead atoms. The average Bonchev–Trinajstić information content (AvgIpc) is 2.84. The normalized spacial score (nSPS) is 21.1. The summed E-state index contributed by atoms with van der Waals surface area (Å²) in [5, 5.41) is 12.0. The number of hydrogen-bond donors (Lipinski definition) is 2. The minimum Gasteiger partial charge on any atom is -0.463 e. The minimum absolute atomic E-state index is 0.00549. The number of alkyl carbamates (subject to hydrolysis) is 1. The van der Waals surface area contributed by atoms with E-state index < -0.39 is 18.4 Å². The minimum atomic E-state index is -1.02. The second-order valence-corrected chi connectivity index (χ2v) is 10.4. The molecule has 0 saturated heterocycles. The molecule has 0 heterocycles. The van der Waals surface area contributed by atoms with Crippen LogP contribution in [-0.2, 0) is 38.0 Å². The summed E-state index contributed by atoms with van der Waals surface area (Å²) in [6.45, 7) is 15.0. The van der Waals surface area contributed by atoms with Crippen LogP contribution >= 0.6 is 0 Å². The van der Waals surface area contributed by atoms with E-state index in [0.717, 1.165) is 25.3 Å². The fourth-order valence-electron chi connectivity index (χ4n) is 4.93. The molecule has 2 N–H and O–H groups in total. The summed E-state index contributed by atoms with van der Waals surface area (Å²) in [6, 6.07) is 0. The zero-order chi connectivity index (χ0) is 28.4. The first-order valence-corrected chi connectivity index (χ1v) is 12.9. The highest BCUT2D eigenvalue weighted by molar-refractivity contribution is 5.81. The number of esters is 2. The number of rotatable bonds is 19. The molecule has 0 aromatic carbocycles. The van der Waals surface area contributed by atoms with E-state index in [1.807, 2.05) is 0 Å². The van der Waals surface area contributed by atoms with E-state index in [2.05, 4.69) is 39.2 Å². The van der Waals surface area contributed by atoms with Gasteiger partial charge in [0, 0.05) is 19.0 Å². The molecule has 1 fully saturated rings. The highest BCUT2D eigenvalue weighted by Crippen LogP contribution is 2.49. The van der Waals surface area contributed by atoms with Gasteiger partial charge in [0.25, 0.3) is 0 Å². The monoisotopic (exact) mass is 543 g/mol. The van der Waals surface area contributed by atoms with Gasteiger partial charge in [-0.25, -0.2) is 9.59 Å². The van der Waals surface area contributed by atoms with E-state index in [-0.39, 0.29) is 75.6 Å². The number of ether oxygens (including phenoxy) is 6. The van der Waals surface area contributed by atoms with Crippen LogP contribution < -0.4 is 5.32 Å². The van der Waals surface area contributed by atoms with Gasteiger partial charge in [0.1, 0.15) is 19.8 Å². The van der Waals surface area contributed by atoms with Crippen molar-refractivity contribution in [3.63, 3.8) is 0 Å². The quantitative estimate of drug-likeness (QED) is 0.0624. The van der Waals surface area contributed by atoms with Gasteiger partial charge >= 0.3 is 18.0 Å². The number of aliphatic hydroxyl groups is 1. The molecule has 1 amide bonds. The fraction of sp³-hybridized carbons (Fsp3) is 0.741. The van der Waals surface area contributed by atoms with E-state index in [0.29, 0.717) is 13.0 Å². The first kappa shape index (κ1) is 33.6. The Morgan fingerprint density at radius 3 is 2.16 bits per heavy atom. The Morgan fingerprint density at radius 1 is 0.921 bits per heavy atom. The van der Waals surface area contributed by atoms with Crippen molar-refractivity contribution < 1.29 is 47.9 Å². The van der Waals surface area contributed by atoms with E-state index >= 15 is 0 Å². The molecule has 0 aromatic rings. The summed E-state index contributed by atoms with van der Waals surface area (Å²) in [6.07, 6.45) is 3.67. The molecule has 1 saturated carbocycles. The summed E-state index contributed by atoms with van der Waals surface area (Å²) in [7, 11) is 0. The third kappa shape index (κ3) is 15.7. The Labute approximate surface area is 225 Å². The molecule has 0 spiro atoms. The van der Waals surface area contributed by atoms with Crippen LogP contribution in [0, 0.1) is 16.7 Å². The Bertz CT molecular complexity index is 756. The highest BCUT2D eigenvalue weighted by Gasteiger charge is 2.42. The highest BCUT2D eigenvalue weighted by atomic mass is 16.6. The summed E-state index contributed by atoms with van der Waals surface area (Å²) in [4.78, 5) is 35.5. The molecule has 38 heavy (non-hydrogen) atoms. The van der Waals surface area contributed by atoms with Crippen molar-refractivity contribution in [3.8, 4) is 0 Å². The van der Waals surface area contributed by atoms with E-state index in [1.54, 1.807) is 0 Å². The lowest BCUT2D eigenvalue weighted by Crippen LogP contribution is -2.44. The number of nitrogens with one attached hydrogen (secondary N) is 1. The maximum Gasteiger partial charge on any atom is 0.407 e. The molecular weight excluding hydrogens is 498 g/mol. The molecule has 0 aliphatic heterocycles. The first-order chi connectivity index (χ1) is 18.0. The van der Waals surface area contributed by atoms with E-state index in [4.69, 9.17) is 28.4 Å². The van der Waals surface area contributed by atoms with Crippen molar-refractivity contribution in [1.29, 1.82) is 0 Å². The van der Waals surface area contributed by atoms with Gasteiger partial charge in [0.2, 0.25) is 0 Å². The average molecular weight is 544 g/mol. The Balaban J connectivity index is 2.29. The van der Waals surface area contributed by atoms with Crippen LogP contribution in [0.4, 0.5) is 4.79 Å². The van der Waals surface area contributed by atoms with E-state index in [9.17, 15) is 19.5 Å². The smallest absolute Gasteiger partial charge is 0.407 e. The van der Waals surface area contributed by atoms with Crippen LogP contribution in [0.1, 0.15) is 46.5 Å². The Kier molecular flexibility index (Phi) is 15.8. The van der Waals surface area contributed by atoms with Gasteiger partial charge in [-0.1, -0.05) is 33.9 Å². The number of hydrogen-bond acceptors (Lipinski definition) is 10. The molecule has 3 unspecified atom stereocenters. The van der Waals surface area contributed by atoms with Crippen molar-refractivity contribution >= 4 is 18.0 Å². The molecule has 1 aliphatic rings. The maximum absolute atomic E-state index is 12.4. The molecule has 218 valence electrons. The van der Waals surface area contributed by atoms with Crippen LogP contribution in [0.25, 0.3) is 0 Å². The van der Waals surface area contributed by atoms with Crippen molar-refractivity contribution in [2.45, 2.75) is 52.7 Å². The fourth-order valence-corrected chi connectivity index (χ4v) is 4.93. The molecule has 1 rings (SSSR count). The lowest BCUT2D eigenvalue weighted by atomic mass is 9.60. The zero-order valence-electron chi connectivity index (χ0n) is 23.0. The Hall–Kier alpha value is -2.47. The van der Waals surface area contributed by atoms with Crippen LogP contribution in [-0.4, -0.2) is 88.8 Å². The lowest BCUT2D eigenvalue weighted by molar-refractivity contribution is -0.148. The largest absolute Gasteiger partial charge is 0.463 e. The van der Waals surface area contributed by atoms with Crippen LogP contribution in [0.15, 0.2) is 25.3 Å².